The van der Waals surface area contributed by atoms with Crippen LogP contribution in [-0.2, 0) is 9.53 Å². The van der Waals surface area contributed by atoms with Gasteiger partial charge in [0.2, 0.25) is 0 Å². The van der Waals surface area contributed by atoms with Gasteiger partial charge in [0.15, 0.2) is 0 Å². The van der Waals surface area contributed by atoms with Gasteiger partial charge in [0.1, 0.15) is 0 Å². The van der Waals surface area contributed by atoms with Crippen LogP contribution >= 0.6 is 0 Å². The molecule has 1 aliphatic carbocycles. The molecule has 1 fully saturated rings. The SMILES string of the molecule is COC(=O)[C@@]1(C)C[C@H]1C/C=N/O. The van der Waals surface area contributed by atoms with E-state index >= 15 is 0 Å². The summed E-state index contributed by atoms with van der Waals surface area (Å²) in [7, 11) is 1.39. The normalized spacial score (nSPS) is 33.7. The van der Waals surface area contributed by atoms with E-state index in [4.69, 9.17) is 5.21 Å². The fraction of sp³-hybridized carbons (Fsp3) is 0.750. The Kier molecular flexibility index (Phi) is 2.35. The lowest BCUT2D eigenvalue weighted by atomic mass is 10.1. The second-order valence-corrected chi connectivity index (χ2v) is 3.34. The van der Waals surface area contributed by atoms with E-state index in [1.807, 2.05) is 6.92 Å². The van der Waals surface area contributed by atoms with E-state index in [2.05, 4.69) is 9.89 Å². The van der Waals surface area contributed by atoms with Gasteiger partial charge < -0.3 is 9.94 Å². The molecule has 68 valence electrons. The Bertz CT molecular complexity index is 214. The Labute approximate surface area is 71.2 Å². The maximum atomic E-state index is 11.1. The summed E-state index contributed by atoms with van der Waals surface area (Å²) in [6.07, 6.45) is 2.88. The van der Waals surface area contributed by atoms with Crippen molar-refractivity contribution in [2.24, 2.45) is 16.5 Å². The van der Waals surface area contributed by atoms with Gasteiger partial charge in [-0.3, -0.25) is 4.79 Å². The number of ether oxygens (including phenoxy) is 1. The zero-order valence-corrected chi connectivity index (χ0v) is 7.28. The molecule has 0 aliphatic heterocycles. The number of rotatable bonds is 3. The van der Waals surface area contributed by atoms with Gasteiger partial charge in [0, 0.05) is 6.21 Å². The summed E-state index contributed by atoms with van der Waals surface area (Å²) in [6.45, 7) is 1.87. The van der Waals surface area contributed by atoms with E-state index in [1.165, 1.54) is 13.3 Å². The summed E-state index contributed by atoms with van der Waals surface area (Å²) in [5.41, 5.74) is -0.337. The van der Waals surface area contributed by atoms with Crippen molar-refractivity contribution in [1.29, 1.82) is 0 Å². The zero-order valence-electron chi connectivity index (χ0n) is 7.28. The van der Waals surface area contributed by atoms with Crippen LogP contribution in [0, 0.1) is 11.3 Å². The predicted molar refractivity (Wildman–Crippen MR) is 43.1 cm³/mol. The Morgan fingerprint density at radius 2 is 2.58 bits per heavy atom. The third-order valence-electron chi connectivity index (χ3n) is 2.53. The van der Waals surface area contributed by atoms with Crippen molar-refractivity contribution in [3.8, 4) is 0 Å². The lowest BCUT2D eigenvalue weighted by Crippen LogP contribution is -2.16. The molecular weight excluding hydrogens is 158 g/mol. The first-order valence-electron chi connectivity index (χ1n) is 3.89. The minimum absolute atomic E-state index is 0.168. The first-order valence-corrected chi connectivity index (χ1v) is 3.89. The molecule has 1 saturated carbocycles. The van der Waals surface area contributed by atoms with E-state index in [1.54, 1.807) is 0 Å². The molecule has 1 aliphatic rings. The quantitative estimate of drug-likeness (QED) is 0.298. The molecule has 0 aromatic rings. The van der Waals surface area contributed by atoms with E-state index < -0.39 is 0 Å². The minimum atomic E-state index is -0.337. The van der Waals surface area contributed by atoms with Gasteiger partial charge >= 0.3 is 5.97 Å². The van der Waals surface area contributed by atoms with Crippen LogP contribution in [0.5, 0.6) is 0 Å². The molecule has 1 N–H and O–H groups in total. The number of hydrogen-bond donors (Lipinski definition) is 1. The summed E-state index contributed by atoms with van der Waals surface area (Å²) >= 11 is 0. The largest absolute Gasteiger partial charge is 0.469 e. The van der Waals surface area contributed by atoms with Crippen molar-refractivity contribution >= 4 is 12.2 Å². The summed E-state index contributed by atoms with van der Waals surface area (Å²) in [6, 6.07) is 0. The standard InChI is InChI=1S/C8H13NO3/c1-8(7(10)12-2)5-6(8)3-4-9-11/h4,6,11H,3,5H2,1-2H3/b9-4+/t6-,8+/m1/s1. The number of oxime groups is 1. The first-order chi connectivity index (χ1) is 5.65. The van der Waals surface area contributed by atoms with Crippen LogP contribution in [0.15, 0.2) is 5.16 Å². The van der Waals surface area contributed by atoms with Crippen LogP contribution in [0.25, 0.3) is 0 Å². The molecule has 2 atom stereocenters. The third kappa shape index (κ3) is 1.42. The molecule has 12 heavy (non-hydrogen) atoms. The Morgan fingerprint density at radius 1 is 1.92 bits per heavy atom. The Balaban J connectivity index is 2.42. The molecule has 0 aromatic carbocycles. The monoisotopic (exact) mass is 171 g/mol. The number of hydrogen-bond acceptors (Lipinski definition) is 4. The molecule has 0 aromatic heterocycles. The molecular formula is C8H13NO3. The smallest absolute Gasteiger partial charge is 0.311 e. The highest BCUT2D eigenvalue weighted by Gasteiger charge is 2.56. The van der Waals surface area contributed by atoms with Crippen LogP contribution in [0.3, 0.4) is 0 Å². The lowest BCUT2D eigenvalue weighted by Gasteiger charge is -2.05. The molecule has 1 rings (SSSR count). The van der Waals surface area contributed by atoms with Crippen LogP contribution in [-0.4, -0.2) is 24.5 Å². The number of esters is 1. The highest BCUT2D eigenvalue weighted by atomic mass is 16.5. The highest BCUT2D eigenvalue weighted by molar-refractivity contribution is 5.80. The number of nitrogens with zero attached hydrogens (tertiary/aromatic N) is 1. The van der Waals surface area contributed by atoms with Crippen molar-refractivity contribution in [2.75, 3.05) is 7.11 Å². The fourth-order valence-electron chi connectivity index (χ4n) is 1.45. The third-order valence-corrected chi connectivity index (χ3v) is 2.53. The van der Waals surface area contributed by atoms with E-state index in [-0.39, 0.29) is 17.3 Å². The van der Waals surface area contributed by atoms with Crippen LogP contribution in [0.1, 0.15) is 19.8 Å². The van der Waals surface area contributed by atoms with Crippen molar-refractivity contribution < 1.29 is 14.7 Å². The first kappa shape index (κ1) is 9.03. The Morgan fingerprint density at radius 3 is 3.08 bits per heavy atom. The van der Waals surface area contributed by atoms with E-state index in [0.717, 1.165) is 6.42 Å². The van der Waals surface area contributed by atoms with Crippen molar-refractivity contribution in [1.82, 2.24) is 0 Å². The Hall–Kier alpha value is -1.06. The predicted octanol–water partition coefficient (Wildman–Crippen LogP) is 1.04. The molecule has 0 radical (unpaired) electrons. The summed E-state index contributed by atoms with van der Waals surface area (Å²) < 4.78 is 4.64. The highest BCUT2D eigenvalue weighted by Crippen LogP contribution is 2.54. The number of carbonyl (C=O) groups is 1. The molecule has 4 heteroatoms. The van der Waals surface area contributed by atoms with Crippen LogP contribution in [0.2, 0.25) is 0 Å². The lowest BCUT2D eigenvalue weighted by molar-refractivity contribution is -0.146. The molecule has 0 spiro atoms. The number of methoxy groups -OCH3 is 1. The summed E-state index contributed by atoms with van der Waals surface area (Å²) in [4.78, 5) is 11.1. The van der Waals surface area contributed by atoms with Gasteiger partial charge in [-0.2, -0.15) is 0 Å². The van der Waals surface area contributed by atoms with E-state index in [0.29, 0.717) is 6.42 Å². The molecule has 4 nitrogen and oxygen atoms in total. The van der Waals surface area contributed by atoms with Crippen LogP contribution < -0.4 is 0 Å². The van der Waals surface area contributed by atoms with Crippen LogP contribution in [0.4, 0.5) is 0 Å². The van der Waals surface area contributed by atoms with Gasteiger partial charge in [-0.15, -0.1) is 5.16 Å². The van der Waals surface area contributed by atoms with Crippen molar-refractivity contribution in [3.63, 3.8) is 0 Å². The summed E-state index contributed by atoms with van der Waals surface area (Å²) in [5.74, 6) is 0.111. The summed E-state index contributed by atoms with van der Waals surface area (Å²) in [5, 5.41) is 11.1. The molecule has 0 saturated heterocycles. The van der Waals surface area contributed by atoms with Crippen molar-refractivity contribution in [2.45, 2.75) is 19.8 Å². The second kappa shape index (κ2) is 3.13. The minimum Gasteiger partial charge on any atom is -0.469 e. The number of carbonyl (C=O) groups excluding carboxylic acids is 1. The maximum Gasteiger partial charge on any atom is 0.311 e. The zero-order chi connectivity index (χ0) is 9.19. The second-order valence-electron chi connectivity index (χ2n) is 3.34. The molecule has 0 unspecified atom stereocenters. The van der Waals surface area contributed by atoms with Gasteiger partial charge in [-0.25, -0.2) is 0 Å². The molecule has 0 amide bonds. The van der Waals surface area contributed by atoms with Gasteiger partial charge in [0.05, 0.1) is 12.5 Å². The maximum absolute atomic E-state index is 11.1. The molecule has 0 bridgehead atoms. The molecule has 0 heterocycles. The van der Waals surface area contributed by atoms with Gasteiger partial charge in [0.25, 0.3) is 0 Å². The van der Waals surface area contributed by atoms with E-state index in [9.17, 15) is 4.79 Å². The average Bonchev–Trinajstić information content (AvgIpc) is 2.74. The van der Waals surface area contributed by atoms with Gasteiger partial charge in [-0.1, -0.05) is 0 Å². The fourth-order valence-corrected chi connectivity index (χ4v) is 1.45. The van der Waals surface area contributed by atoms with Gasteiger partial charge in [-0.05, 0) is 25.7 Å². The average molecular weight is 171 g/mol. The van der Waals surface area contributed by atoms with Crippen molar-refractivity contribution in [3.05, 3.63) is 0 Å². The topological polar surface area (TPSA) is 58.9 Å².